The summed E-state index contributed by atoms with van der Waals surface area (Å²) in [4.78, 5) is 37.1. The number of hydrogen-bond acceptors (Lipinski definition) is 6. The third-order valence-corrected chi connectivity index (χ3v) is 5.64. The van der Waals surface area contributed by atoms with Gasteiger partial charge in [0.25, 0.3) is 0 Å². The Morgan fingerprint density at radius 3 is 3.07 bits per heavy atom. The van der Waals surface area contributed by atoms with Crippen LogP contribution in [0.4, 0.5) is 5.82 Å². The molecule has 1 aliphatic rings. The molecule has 29 heavy (non-hydrogen) atoms. The van der Waals surface area contributed by atoms with Gasteiger partial charge in [-0.25, -0.2) is 15.0 Å². The van der Waals surface area contributed by atoms with Gasteiger partial charge in [-0.05, 0) is 37.3 Å². The summed E-state index contributed by atoms with van der Waals surface area (Å²) in [6.45, 7) is 2.58. The molecule has 1 fully saturated rings. The molecule has 1 unspecified atom stereocenters. The molecular weight excluding hydrogens is 366 g/mol. The van der Waals surface area contributed by atoms with Crippen molar-refractivity contribution in [2.75, 3.05) is 31.6 Å². The van der Waals surface area contributed by atoms with Crippen LogP contribution >= 0.6 is 0 Å². The molecule has 0 aromatic carbocycles. The first-order chi connectivity index (χ1) is 14.2. The first kappa shape index (κ1) is 19.3. The van der Waals surface area contributed by atoms with Gasteiger partial charge in [-0.1, -0.05) is 6.07 Å². The number of nitrogens with zero attached hydrogens (tertiary/aromatic N) is 6. The average molecular weight is 393 g/mol. The number of aromatic amines is 1. The second kappa shape index (κ2) is 8.98. The number of imidazole rings is 1. The smallest absolute Gasteiger partial charge is 0.222 e. The molecule has 0 saturated carbocycles. The number of aromatic nitrogens is 5. The van der Waals surface area contributed by atoms with E-state index in [4.69, 9.17) is 0 Å². The molecule has 4 rings (SSSR count). The lowest BCUT2D eigenvalue weighted by atomic mass is 9.93. The van der Waals surface area contributed by atoms with Crippen LogP contribution in [0.5, 0.6) is 0 Å². The first-order valence-corrected chi connectivity index (χ1v) is 10.2. The van der Waals surface area contributed by atoms with Crippen LogP contribution in [0.2, 0.25) is 0 Å². The van der Waals surface area contributed by atoms with Crippen molar-refractivity contribution in [2.24, 2.45) is 5.92 Å². The number of amides is 1. The fourth-order valence-corrected chi connectivity index (χ4v) is 3.96. The van der Waals surface area contributed by atoms with Crippen LogP contribution in [0.1, 0.15) is 31.4 Å². The molecule has 1 amide bonds. The fraction of sp³-hybridized carbons (Fsp3) is 0.476. The summed E-state index contributed by atoms with van der Waals surface area (Å²) in [5.74, 6) is 1.61. The molecule has 0 bridgehead atoms. The minimum atomic E-state index is 0.205. The number of pyridine rings is 1. The van der Waals surface area contributed by atoms with Gasteiger partial charge in [0.05, 0.1) is 6.33 Å². The highest BCUT2D eigenvalue weighted by atomic mass is 16.2. The van der Waals surface area contributed by atoms with E-state index in [1.807, 2.05) is 30.1 Å². The molecule has 8 nitrogen and oxygen atoms in total. The molecule has 4 heterocycles. The van der Waals surface area contributed by atoms with Crippen LogP contribution < -0.4 is 4.90 Å². The topological polar surface area (TPSA) is 90.9 Å². The Hall–Kier alpha value is -3.03. The van der Waals surface area contributed by atoms with Gasteiger partial charge in [0.15, 0.2) is 11.5 Å². The predicted octanol–water partition coefficient (Wildman–Crippen LogP) is 2.45. The van der Waals surface area contributed by atoms with Gasteiger partial charge in [-0.2, -0.15) is 0 Å². The summed E-state index contributed by atoms with van der Waals surface area (Å²) >= 11 is 0. The van der Waals surface area contributed by atoms with Gasteiger partial charge in [0, 0.05) is 51.4 Å². The van der Waals surface area contributed by atoms with Crippen molar-refractivity contribution < 1.29 is 4.79 Å². The van der Waals surface area contributed by atoms with Crippen molar-refractivity contribution in [3.05, 3.63) is 42.7 Å². The van der Waals surface area contributed by atoms with Crippen LogP contribution in [-0.2, 0) is 11.2 Å². The molecule has 152 valence electrons. The Bertz CT molecular complexity index is 942. The van der Waals surface area contributed by atoms with Crippen LogP contribution in [0.3, 0.4) is 0 Å². The van der Waals surface area contributed by atoms with Crippen molar-refractivity contribution in [2.45, 2.75) is 32.1 Å². The second-order valence-electron chi connectivity index (χ2n) is 7.68. The van der Waals surface area contributed by atoms with Gasteiger partial charge in [0.2, 0.25) is 5.91 Å². The molecule has 1 saturated heterocycles. The summed E-state index contributed by atoms with van der Waals surface area (Å²) in [5, 5.41) is 0. The van der Waals surface area contributed by atoms with Gasteiger partial charge >= 0.3 is 0 Å². The van der Waals surface area contributed by atoms with Crippen LogP contribution in [0.15, 0.2) is 37.1 Å². The fourth-order valence-electron chi connectivity index (χ4n) is 3.96. The molecule has 1 atom stereocenters. The predicted molar refractivity (Wildman–Crippen MR) is 111 cm³/mol. The number of likely N-dealkylation sites (N-methyl/N-ethyl adjacent to an activating group) is 1. The monoisotopic (exact) mass is 393 g/mol. The Labute approximate surface area is 170 Å². The molecule has 0 spiro atoms. The van der Waals surface area contributed by atoms with Crippen LogP contribution in [0, 0.1) is 5.92 Å². The Kier molecular flexibility index (Phi) is 5.97. The Balaban J connectivity index is 1.28. The average Bonchev–Trinajstić information content (AvgIpc) is 3.25. The largest absolute Gasteiger partial charge is 0.354 e. The number of carbonyl (C=O) groups is 1. The normalized spacial score (nSPS) is 16.9. The van der Waals surface area contributed by atoms with Crippen molar-refractivity contribution >= 4 is 22.9 Å². The SMILES string of the molecule is CN(CCc1ccccn1)C(=O)CCC1CCCN(c2ncnc3nc[nH]c23)C1. The third-order valence-electron chi connectivity index (χ3n) is 5.64. The second-order valence-corrected chi connectivity index (χ2v) is 7.68. The zero-order chi connectivity index (χ0) is 20.1. The summed E-state index contributed by atoms with van der Waals surface area (Å²) in [5.41, 5.74) is 2.60. The minimum Gasteiger partial charge on any atom is -0.354 e. The Morgan fingerprint density at radius 2 is 2.21 bits per heavy atom. The van der Waals surface area contributed by atoms with E-state index >= 15 is 0 Å². The molecule has 8 heteroatoms. The van der Waals surface area contributed by atoms with Crippen LogP contribution in [0.25, 0.3) is 11.2 Å². The summed E-state index contributed by atoms with van der Waals surface area (Å²) in [6.07, 6.45) is 9.55. The maximum absolute atomic E-state index is 12.6. The number of piperidine rings is 1. The van der Waals surface area contributed by atoms with E-state index in [0.717, 1.165) is 55.8 Å². The summed E-state index contributed by atoms with van der Waals surface area (Å²) < 4.78 is 0. The first-order valence-electron chi connectivity index (χ1n) is 10.2. The van der Waals surface area contributed by atoms with E-state index < -0.39 is 0 Å². The van der Waals surface area contributed by atoms with Gasteiger partial charge in [0.1, 0.15) is 11.8 Å². The summed E-state index contributed by atoms with van der Waals surface area (Å²) in [6, 6.07) is 5.89. The number of fused-ring (bicyclic) bond motifs is 1. The molecule has 0 aliphatic carbocycles. The highest BCUT2D eigenvalue weighted by molar-refractivity contribution is 5.82. The number of carbonyl (C=O) groups excluding carboxylic acids is 1. The third kappa shape index (κ3) is 4.70. The number of hydrogen-bond donors (Lipinski definition) is 1. The zero-order valence-corrected chi connectivity index (χ0v) is 16.8. The standard InChI is InChI=1S/C21H27N7O/c1-27(12-9-17-6-2-3-10-22-17)18(29)8-7-16-5-4-11-28(13-16)21-19-20(24-14-23-19)25-15-26-21/h2-3,6,10,14-16H,4-5,7-9,11-13H2,1H3,(H,23,24,25,26). The maximum Gasteiger partial charge on any atom is 0.222 e. The van der Waals surface area contributed by atoms with Crippen molar-refractivity contribution in [3.8, 4) is 0 Å². The Morgan fingerprint density at radius 1 is 1.28 bits per heavy atom. The number of anilines is 1. The van der Waals surface area contributed by atoms with Crippen molar-refractivity contribution in [3.63, 3.8) is 0 Å². The lowest BCUT2D eigenvalue weighted by Gasteiger charge is -2.33. The highest BCUT2D eigenvalue weighted by Gasteiger charge is 2.24. The molecule has 0 radical (unpaired) electrons. The maximum atomic E-state index is 12.6. The van der Waals surface area contributed by atoms with Gasteiger partial charge in [-0.3, -0.25) is 9.78 Å². The number of nitrogens with one attached hydrogen (secondary N) is 1. The molecule has 3 aromatic rings. The zero-order valence-electron chi connectivity index (χ0n) is 16.8. The van der Waals surface area contributed by atoms with Crippen LogP contribution in [-0.4, -0.2) is 62.4 Å². The van der Waals surface area contributed by atoms with Crippen molar-refractivity contribution in [1.29, 1.82) is 0 Å². The van der Waals surface area contributed by atoms with E-state index in [2.05, 4.69) is 29.8 Å². The molecule has 1 aliphatic heterocycles. The van der Waals surface area contributed by atoms with E-state index in [-0.39, 0.29) is 5.91 Å². The lowest BCUT2D eigenvalue weighted by Crippen LogP contribution is -2.37. The van der Waals surface area contributed by atoms with E-state index in [1.54, 1.807) is 18.9 Å². The number of H-pyrrole nitrogens is 1. The van der Waals surface area contributed by atoms with E-state index in [0.29, 0.717) is 24.5 Å². The molecule has 3 aromatic heterocycles. The van der Waals surface area contributed by atoms with E-state index in [1.165, 1.54) is 0 Å². The minimum absolute atomic E-state index is 0.205. The van der Waals surface area contributed by atoms with Crippen molar-refractivity contribution in [1.82, 2.24) is 29.8 Å². The molecule has 1 N–H and O–H groups in total. The lowest BCUT2D eigenvalue weighted by molar-refractivity contribution is -0.130. The quantitative estimate of drug-likeness (QED) is 0.663. The summed E-state index contributed by atoms with van der Waals surface area (Å²) in [7, 11) is 1.88. The highest BCUT2D eigenvalue weighted by Crippen LogP contribution is 2.27. The van der Waals surface area contributed by atoms with E-state index in [9.17, 15) is 4.79 Å². The molecular formula is C21H27N7O. The van der Waals surface area contributed by atoms with Gasteiger partial charge < -0.3 is 14.8 Å². The van der Waals surface area contributed by atoms with Gasteiger partial charge in [-0.15, -0.1) is 0 Å². The number of rotatable bonds is 7.